The van der Waals surface area contributed by atoms with Gasteiger partial charge in [-0.05, 0) is 65.2 Å². The van der Waals surface area contributed by atoms with Gasteiger partial charge in [-0.2, -0.15) is 0 Å². The number of anilines is 1. The van der Waals surface area contributed by atoms with Gasteiger partial charge in [0, 0.05) is 8.95 Å². The lowest BCUT2D eigenvalue weighted by atomic mass is 10.2. The van der Waals surface area contributed by atoms with Crippen molar-refractivity contribution in [2.45, 2.75) is 18.7 Å². The van der Waals surface area contributed by atoms with Crippen LogP contribution in [-0.4, -0.2) is 8.42 Å². The van der Waals surface area contributed by atoms with Crippen molar-refractivity contribution < 1.29 is 8.42 Å². The molecule has 0 aliphatic heterocycles. The first-order valence-corrected chi connectivity index (χ1v) is 9.40. The minimum Gasteiger partial charge on any atom is -0.278 e. The lowest BCUT2D eigenvalue weighted by Gasteiger charge is -2.13. The highest BCUT2D eigenvalue weighted by molar-refractivity contribution is 9.11. The molecular weight excluding hydrogens is 441 g/mol. The second kappa shape index (κ2) is 6.28. The molecule has 112 valence electrons. The number of halogens is 3. The topological polar surface area (TPSA) is 46.2 Å². The van der Waals surface area contributed by atoms with E-state index in [1.165, 1.54) is 0 Å². The van der Waals surface area contributed by atoms with E-state index in [4.69, 9.17) is 11.6 Å². The fourth-order valence-corrected chi connectivity index (χ4v) is 4.72. The minimum absolute atomic E-state index is 0.151. The summed E-state index contributed by atoms with van der Waals surface area (Å²) >= 11 is 12.7. The maximum Gasteiger partial charge on any atom is 0.263 e. The van der Waals surface area contributed by atoms with Gasteiger partial charge in [-0.25, -0.2) is 8.42 Å². The number of benzene rings is 2. The van der Waals surface area contributed by atoms with E-state index in [1.807, 2.05) is 19.9 Å². The third kappa shape index (κ3) is 3.80. The first-order valence-electron chi connectivity index (χ1n) is 5.95. The zero-order chi connectivity index (χ0) is 15.8. The quantitative estimate of drug-likeness (QED) is 0.687. The van der Waals surface area contributed by atoms with Gasteiger partial charge in [-0.3, -0.25) is 4.72 Å². The summed E-state index contributed by atoms with van der Waals surface area (Å²) in [6.45, 7) is 3.75. The van der Waals surface area contributed by atoms with Crippen molar-refractivity contribution in [2.75, 3.05) is 4.72 Å². The zero-order valence-corrected chi connectivity index (χ0v) is 16.0. The average Bonchev–Trinajstić information content (AvgIpc) is 2.37. The van der Waals surface area contributed by atoms with Gasteiger partial charge in [0.15, 0.2) is 0 Å². The maximum absolute atomic E-state index is 12.5. The molecule has 0 spiro atoms. The van der Waals surface area contributed by atoms with Gasteiger partial charge in [-0.1, -0.05) is 33.6 Å². The Morgan fingerprint density at radius 3 is 2.38 bits per heavy atom. The molecule has 0 amide bonds. The van der Waals surface area contributed by atoms with Gasteiger partial charge in [0.1, 0.15) is 4.90 Å². The van der Waals surface area contributed by atoms with E-state index in [1.54, 1.807) is 24.3 Å². The molecule has 2 aromatic carbocycles. The molecule has 0 heterocycles. The molecular formula is C14H12Br2ClNO2S. The predicted octanol–water partition coefficient (Wildman–Crippen LogP) is 5.28. The minimum atomic E-state index is -3.73. The Balaban J connectivity index is 2.48. The van der Waals surface area contributed by atoms with Gasteiger partial charge in [-0.15, -0.1) is 0 Å². The van der Waals surface area contributed by atoms with Gasteiger partial charge in [0.2, 0.25) is 0 Å². The van der Waals surface area contributed by atoms with Gasteiger partial charge in [0.25, 0.3) is 10.0 Å². The van der Waals surface area contributed by atoms with Crippen LogP contribution in [0.1, 0.15) is 11.1 Å². The Bertz CT molecular complexity index is 807. The lowest BCUT2D eigenvalue weighted by Crippen LogP contribution is -2.14. The molecule has 7 heteroatoms. The SMILES string of the molecule is Cc1ccc(Cl)c(NS(=O)(=O)c2cc(Br)c(C)cc2Br)c1. The Morgan fingerprint density at radius 2 is 1.71 bits per heavy atom. The normalized spacial score (nSPS) is 11.5. The number of nitrogens with one attached hydrogen (secondary N) is 1. The average molecular weight is 454 g/mol. The molecule has 0 aliphatic rings. The predicted molar refractivity (Wildman–Crippen MR) is 93.6 cm³/mol. The van der Waals surface area contributed by atoms with Gasteiger partial charge in [0.05, 0.1) is 10.7 Å². The highest BCUT2D eigenvalue weighted by Crippen LogP contribution is 2.31. The van der Waals surface area contributed by atoms with Crippen molar-refractivity contribution >= 4 is 59.2 Å². The van der Waals surface area contributed by atoms with Crippen LogP contribution in [-0.2, 0) is 10.0 Å². The monoisotopic (exact) mass is 451 g/mol. The smallest absolute Gasteiger partial charge is 0.263 e. The molecule has 0 bridgehead atoms. The molecule has 0 saturated carbocycles. The van der Waals surface area contributed by atoms with Crippen molar-refractivity contribution in [1.82, 2.24) is 0 Å². The third-order valence-corrected chi connectivity index (χ3v) is 6.38. The van der Waals surface area contributed by atoms with Crippen LogP contribution >= 0.6 is 43.5 Å². The molecule has 0 radical (unpaired) electrons. The molecule has 0 atom stereocenters. The summed E-state index contributed by atoms with van der Waals surface area (Å²) < 4.78 is 28.8. The Morgan fingerprint density at radius 1 is 1.05 bits per heavy atom. The van der Waals surface area contributed by atoms with Crippen LogP contribution in [0.15, 0.2) is 44.2 Å². The Labute approximate surface area is 146 Å². The second-order valence-electron chi connectivity index (χ2n) is 4.62. The van der Waals surface area contributed by atoms with E-state index >= 15 is 0 Å². The summed E-state index contributed by atoms with van der Waals surface area (Å²) in [5, 5.41) is 0.353. The third-order valence-electron chi connectivity index (χ3n) is 2.87. The maximum atomic E-state index is 12.5. The van der Waals surface area contributed by atoms with Crippen molar-refractivity contribution in [3.05, 3.63) is 55.4 Å². The van der Waals surface area contributed by atoms with Crippen LogP contribution in [0, 0.1) is 13.8 Å². The van der Waals surface area contributed by atoms with Crippen molar-refractivity contribution in [3.8, 4) is 0 Å². The van der Waals surface area contributed by atoms with Crippen LogP contribution in [0.5, 0.6) is 0 Å². The van der Waals surface area contributed by atoms with Gasteiger partial charge >= 0.3 is 0 Å². The van der Waals surface area contributed by atoms with E-state index in [2.05, 4.69) is 36.6 Å². The van der Waals surface area contributed by atoms with Crippen LogP contribution in [0.4, 0.5) is 5.69 Å². The highest BCUT2D eigenvalue weighted by Gasteiger charge is 2.20. The van der Waals surface area contributed by atoms with E-state index in [-0.39, 0.29) is 4.90 Å². The molecule has 0 saturated heterocycles. The fraction of sp³-hybridized carbons (Fsp3) is 0.143. The van der Waals surface area contributed by atoms with Gasteiger partial charge < -0.3 is 0 Å². The molecule has 0 fully saturated rings. The molecule has 0 unspecified atom stereocenters. The van der Waals surface area contributed by atoms with Crippen molar-refractivity contribution in [2.24, 2.45) is 0 Å². The molecule has 3 nitrogen and oxygen atoms in total. The lowest BCUT2D eigenvalue weighted by molar-refractivity contribution is 0.600. The largest absolute Gasteiger partial charge is 0.278 e. The number of rotatable bonds is 3. The second-order valence-corrected chi connectivity index (χ2v) is 8.39. The molecule has 2 aromatic rings. The summed E-state index contributed by atoms with van der Waals surface area (Å²) in [5.74, 6) is 0. The molecule has 1 N–H and O–H groups in total. The van der Waals surface area contributed by atoms with E-state index in [0.29, 0.717) is 15.2 Å². The van der Waals surface area contributed by atoms with E-state index in [9.17, 15) is 8.42 Å². The highest BCUT2D eigenvalue weighted by atomic mass is 79.9. The zero-order valence-electron chi connectivity index (χ0n) is 11.2. The number of hydrogen-bond donors (Lipinski definition) is 1. The Kier molecular flexibility index (Phi) is 5.03. The van der Waals surface area contributed by atoms with Crippen molar-refractivity contribution in [3.63, 3.8) is 0 Å². The van der Waals surface area contributed by atoms with Crippen LogP contribution in [0.2, 0.25) is 5.02 Å². The molecule has 0 aromatic heterocycles. The summed E-state index contributed by atoms with van der Waals surface area (Å²) in [6.07, 6.45) is 0. The van der Waals surface area contributed by atoms with Crippen molar-refractivity contribution in [1.29, 1.82) is 0 Å². The number of sulfonamides is 1. The number of aryl methyl sites for hydroxylation is 2. The first kappa shape index (κ1) is 16.8. The molecule has 21 heavy (non-hydrogen) atoms. The van der Waals surface area contributed by atoms with E-state index < -0.39 is 10.0 Å². The Hall–Kier alpha value is -0.560. The van der Waals surface area contributed by atoms with Crippen LogP contribution < -0.4 is 4.72 Å². The number of hydrogen-bond acceptors (Lipinski definition) is 2. The van der Waals surface area contributed by atoms with Crippen LogP contribution in [0.3, 0.4) is 0 Å². The molecule has 0 aliphatic carbocycles. The summed E-state index contributed by atoms with van der Waals surface area (Å²) in [7, 11) is -3.73. The fourth-order valence-electron chi connectivity index (χ4n) is 1.75. The van der Waals surface area contributed by atoms with E-state index in [0.717, 1.165) is 15.6 Å². The summed E-state index contributed by atoms with van der Waals surface area (Å²) in [6, 6.07) is 8.48. The molecule has 2 rings (SSSR count). The summed E-state index contributed by atoms with van der Waals surface area (Å²) in [5.41, 5.74) is 2.22. The summed E-state index contributed by atoms with van der Waals surface area (Å²) in [4.78, 5) is 0.151. The first-order chi connectivity index (χ1) is 9.70. The standard InChI is InChI=1S/C14H12Br2ClNO2S/c1-8-3-4-12(17)13(5-8)18-21(19,20)14-7-10(15)9(2)6-11(14)16/h3-7,18H,1-2H3. The van der Waals surface area contributed by atoms with Crippen LogP contribution in [0.25, 0.3) is 0 Å².